The number of carbonyl (C=O) groups excluding carboxylic acids is 1. The molecular weight excluding hydrogens is 594 g/mol. The first kappa shape index (κ1) is 26.9. The number of hydrogen-bond donors (Lipinski definition) is 2. The Balaban J connectivity index is 1.43. The second-order valence-corrected chi connectivity index (χ2v) is 12.8. The maximum Gasteiger partial charge on any atom is 0.339 e. The third-order valence-electron chi connectivity index (χ3n) is 9.81. The first-order valence-electron chi connectivity index (χ1n) is 14.4. The number of imidazole rings is 1. The molecule has 11 heteroatoms. The number of amides is 1. The second-order valence-electron chi connectivity index (χ2n) is 12.0. The SMILES string of the molecule is COc1cc2c(cc1C(=O)O)nc1n2CC[C@H]2[C@@H]1[C@H](c1cccc(Cl)c1F)[C@]1(C(=O)Nc3cc(Cl)ccc31)N2CC1CC1. The molecule has 0 bridgehead atoms. The summed E-state index contributed by atoms with van der Waals surface area (Å²) in [6.07, 6.45) is 2.84. The van der Waals surface area contributed by atoms with E-state index in [4.69, 9.17) is 32.9 Å². The molecule has 4 heterocycles. The third-order valence-corrected chi connectivity index (χ3v) is 10.3. The number of carboxylic acid groups (broad SMARTS) is 1. The summed E-state index contributed by atoms with van der Waals surface area (Å²) in [4.78, 5) is 33.9. The van der Waals surface area contributed by atoms with Gasteiger partial charge in [0.2, 0.25) is 5.91 Å². The summed E-state index contributed by atoms with van der Waals surface area (Å²) in [5, 5.41) is 13.4. The van der Waals surface area contributed by atoms with E-state index < -0.39 is 29.2 Å². The molecule has 8 rings (SSSR count). The van der Waals surface area contributed by atoms with Gasteiger partial charge < -0.3 is 19.7 Å². The largest absolute Gasteiger partial charge is 0.496 e. The Hall–Kier alpha value is -3.66. The zero-order valence-corrected chi connectivity index (χ0v) is 24.6. The normalized spacial score (nSPS) is 26.0. The van der Waals surface area contributed by atoms with Crippen LogP contribution in [0.15, 0.2) is 48.5 Å². The number of fused-ring (bicyclic) bond motifs is 7. The number of benzene rings is 3. The number of aryl methyl sites for hydroxylation is 1. The molecule has 43 heavy (non-hydrogen) atoms. The molecule has 0 unspecified atom stereocenters. The molecule has 8 nitrogen and oxygen atoms in total. The number of aromatic carboxylic acids is 1. The van der Waals surface area contributed by atoms with Crippen molar-refractivity contribution in [2.45, 2.75) is 49.2 Å². The van der Waals surface area contributed by atoms with Crippen LogP contribution >= 0.6 is 23.2 Å². The average molecular weight is 621 g/mol. The van der Waals surface area contributed by atoms with Crippen LogP contribution in [-0.2, 0) is 16.9 Å². The molecule has 1 saturated heterocycles. The summed E-state index contributed by atoms with van der Waals surface area (Å²) in [6, 6.07) is 13.5. The maximum atomic E-state index is 16.2. The van der Waals surface area contributed by atoms with Crippen molar-refractivity contribution < 1.29 is 23.8 Å². The summed E-state index contributed by atoms with van der Waals surface area (Å²) in [5.74, 6) is -1.62. The number of likely N-dealkylation sites (tertiary alicyclic amines) is 1. The van der Waals surface area contributed by atoms with Gasteiger partial charge in [-0.05, 0) is 55.0 Å². The van der Waals surface area contributed by atoms with Gasteiger partial charge in [-0.2, -0.15) is 0 Å². The van der Waals surface area contributed by atoms with Gasteiger partial charge in [-0.1, -0.05) is 41.4 Å². The van der Waals surface area contributed by atoms with Crippen LogP contribution in [0.5, 0.6) is 5.75 Å². The van der Waals surface area contributed by atoms with Crippen LogP contribution < -0.4 is 10.1 Å². The molecule has 4 atom stereocenters. The molecule has 1 aliphatic carbocycles. The number of aromatic nitrogens is 2. The van der Waals surface area contributed by atoms with Gasteiger partial charge >= 0.3 is 5.97 Å². The van der Waals surface area contributed by atoms with E-state index in [9.17, 15) is 14.7 Å². The fourth-order valence-corrected chi connectivity index (χ4v) is 8.31. The van der Waals surface area contributed by atoms with Gasteiger partial charge in [-0.15, -0.1) is 0 Å². The molecule has 2 N–H and O–H groups in total. The van der Waals surface area contributed by atoms with E-state index in [1.807, 2.05) is 6.07 Å². The number of carbonyl (C=O) groups is 2. The highest BCUT2D eigenvalue weighted by atomic mass is 35.5. The topological polar surface area (TPSA) is 96.7 Å². The van der Waals surface area contributed by atoms with Gasteiger partial charge in [0, 0.05) is 53.3 Å². The average Bonchev–Trinajstić information content (AvgIpc) is 3.58. The van der Waals surface area contributed by atoms with Crippen molar-refractivity contribution >= 4 is 51.8 Å². The lowest BCUT2D eigenvalue weighted by Crippen LogP contribution is -2.53. The summed E-state index contributed by atoms with van der Waals surface area (Å²) < 4.78 is 23.7. The molecule has 3 aliphatic heterocycles. The Morgan fingerprint density at radius 1 is 1.19 bits per heavy atom. The number of nitrogens with one attached hydrogen (secondary N) is 1. The lowest BCUT2D eigenvalue weighted by molar-refractivity contribution is -0.128. The molecule has 2 fully saturated rings. The van der Waals surface area contributed by atoms with Gasteiger partial charge in [-0.3, -0.25) is 9.69 Å². The smallest absolute Gasteiger partial charge is 0.339 e. The monoisotopic (exact) mass is 620 g/mol. The number of nitrogens with zero attached hydrogens (tertiary/aromatic N) is 3. The summed E-state index contributed by atoms with van der Waals surface area (Å²) >= 11 is 12.8. The number of ether oxygens (including phenoxy) is 1. The van der Waals surface area contributed by atoms with Crippen LogP contribution in [0.3, 0.4) is 0 Å². The van der Waals surface area contributed by atoms with Gasteiger partial charge in [0.05, 0.1) is 23.2 Å². The number of carboxylic acids is 1. The quantitative estimate of drug-likeness (QED) is 0.268. The van der Waals surface area contributed by atoms with Gasteiger partial charge in [-0.25, -0.2) is 14.2 Å². The molecule has 3 aromatic carbocycles. The van der Waals surface area contributed by atoms with Crippen molar-refractivity contribution in [3.8, 4) is 5.75 Å². The number of hydrogen-bond acceptors (Lipinski definition) is 5. The number of methoxy groups -OCH3 is 1. The Bertz CT molecular complexity index is 1870. The van der Waals surface area contributed by atoms with E-state index in [2.05, 4.69) is 14.8 Å². The Morgan fingerprint density at radius 2 is 2.00 bits per heavy atom. The van der Waals surface area contributed by atoms with Crippen LogP contribution in [0, 0.1) is 11.7 Å². The highest BCUT2D eigenvalue weighted by Crippen LogP contribution is 2.64. The predicted molar refractivity (Wildman–Crippen MR) is 160 cm³/mol. The third kappa shape index (κ3) is 3.68. The Kier molecular flexibility index (Phi) is 5.90. The summed E-state index contributed by atoms with van der Waals surface area (Å²) in [6.45, 7) is 1.28. The van der Waals surface area contributed by atoms with Crippen molar-refractivity contribution in [2.24, 2.45) is 5.92 Å². The zero-order chi connectivity index (χ0) is 29.8. The Labute approximate surface area is 256 Å². The van der Waals surface area contributed by atoms with Crippen molar-refractivity contribution in [2.75, 3.05) is 19.0 Å². The van der Waals surface area contributed by atoms with Gasteiger partial charge in [0.1, 0.15) is 28.5 Å². The van der Waals surface area contributed by atoms with E-state index in [0.29, 0.717) is 53.0 Å². The first-order chi connectivity index (χ1) is 20.7. The highest BCUT2D eigenvalue weighted by molar-refractivity contribution is 6.31. The van der Waals surface area contributed by atoms with Crippen molar-refractivity contribution in [3.63, 3.8) is 0 Å². The van der Waals surface area contributed by atoms with Crippen molar-refractivity contribution in [3.05, 3.63) is 86.9 Å². The van der Waals surface area contributed by atoms with E-state index in [-0.39, 0.29) is 28.3 Å². The van der Waals surface area contributed by atoms with Crippen LogP contribution in [0.4, 0.5) is 10.1 Å². The van der Waals surface area contributed by atoms with E-state index in [1.165, 1.54) is 19.2 Å². The molecule has 220 valence electrons. The molecule has 1 saturated carbocycles. The van der Waals surface area contributed by atoms with Gasteiger partial charge in [0.25, 0.3) is 0 Å². The molecule has 4 aromatic rings. The lowest BCUT2D eigenvalue weighted by atomic mass is 9.70. The van der Waals surface area contributed by atoms with Crippen LogP contribution in [0.1, 0.15) is 58.4 Å². The fourth-order valence-electron chi connectivity index (χ4n) is 7.95. The first-order valence-corrected chi connectivity index (χ1v) is 15.1. The van der Waals surface area contributed by atoms with Crippen molar-refractivity contribution in [1.29, 1.82) is 0 Å². The predicted octanol–water partition coefficient (Wildman–Crippen LogP) is 6.40. The molecule has 1 amide bonds. The maximum absolute atomic E-state index is 16.2. The molecule has 1 spiro atoms. The number of anilines is 1. The van der Waals surface area contributed by atoms with E-state index in [0.717, 1.165) is 23.9 Å². The standard InChI is InChI=1S/C32H27Cl2FN4O4/c1-43-25-13-24-22(12-18(25)30(40)41)36-29-26-23(9-10-38(24)29)39(14-15-5-6-15)32(27(26)17-3-2-4-20(34)28(17)35)19-8-7-16(33)11-21(19)37-31(32)42/h2-4,7-8,11-13,15,23,26-27H,5-6,9-10,14H2,1H3,(H,37,42)(H,40,41)/t23-,26+,27-,32+/m0/s1. The van der Waals surface area contributed by atoms with E-state index in [1.54, 1.807) is 30.3 Å². The molecule has 1 aromatic heterocycles. The van der Waals surface area contributed by atoms with Crippen LogP contribution in [0.25, 0.3) is 11.0 Å². The second kappa shape index (κ2) is 9.42. The molecule has 4 aliphatic rings. The van der Waals surface area contributed by atoms with Gasteiger partial charge in [0.15, 0.2) is 0 Å². The van der Waals surface area contributed by atoms with Crippen molar-refractivity contribution in [1.82, 2.24) is 14.5 Å². The van der Waals surface area contributed by atoms with Crippen LogP contribution in [0.2, 0.25) is 10.0 Å². The Morgan fingerprint density at radius 3 is 2.74 bits per heavy atom. The lowest BCUT2D eigenvalue weighted by Gasteiger charge is -2.40. The van der Waals surface area contributed by atoms with E-state index >= 15 is 4.39 Å². The number of halogens is 3. The molecule has 0 radical (unpaired) electrons. The highest BCUT2D eigenvalue weighted by Gasteiger charge is 2.69. The number of rotatable bonds is 5. The minimum Gasteiger partial charge on any atom is -0.496 e. The minimum absolute atomic E-state index is 0.0126. The summed E-state index contributed by atoms with van der Waals surface area (Å²) in [5.41, 5.74) is 1.75. The van der Waals surface area contributed by atoms with Crippen LogP contribution in [-0.4, -0.2) is 51.1 Å². The minimum atomic E-state index is -1.24. The zero-order valence-electron chi connectivity index (χ0n) is 23.1. The molecular formula is C32H27Cl2FN4O4. The fraction of sp³-hybridized carbons (Fsp3) is 0.344. The summed E-state index contributed by atoms with van der Waals surface area (Å²) in [7, 11) is 1.44.